The first-order valence-electron chi connectivity index (χ1n) is 8.76. The zero-order valence-electron chi connectivity index (χ0n) is 13.9. The molecular weight excluding hydrogens is 328 g/mol. The van der Waals surface area contributed by atoms with Crippen LogP contribution in [0.25, 0.3) is 0 Å². The third-order valence-corrected chi connectivity index (χ3v) is 5.53. The molecule has 5 heteroatoms. The van der Waals surface area contributed by atoms with Gasteiger partial charge in [-0.2, -0.15) is 0 Å². The van der Waals surface area contributed by atoms with Gasteiger partial charge in [-0.05, 0) is 36.3 Å². The first kappa shape index (κ1) is 19.2. The lowest BCUT2D eigenvalue weighted by molar-refractivity contribution is -0.137. The maximum Gasteiger partial charge on any atom is 0.303 e. The van der Waals surface area contributed by atoms with Crippen molar-refractivity contribution in [1.82, 2.24) is 0 Å². The fraction of sp³-hybridized carbons (Fsp3) is 0.632. The summed E-state index contributed by atoms with van der Waals surface area (Å²) >= 11 is 6.48. The second-order valence-corrected chi connectivity index (χ2v) is 7.32. The molecule has 0 bridgehead atoms. The van der Waals surface area contributed by atoms with Gasteiger partial charge in [0, 0.05) is 17.7 Å². The molecule has 4 nitrogen and oxygen atoms in total. The van der Waals surface area contributed by atoms with Crippen molar-refractivity contribution in [3.63, 3.8) is 0 Å². The van der Waals surface area contributed by atoms with Gasteiger partial charge in [-0.25, -0.2) is 0 Å². The van der Waals surface area contributed by atoms with Gasteiger partial charge in [0.1, 0.15) is 0 Å². The van der Waals surface area contributed by atoms with Crippen LogP contribution in [0.1, 0.15) is 62.0 Å². The predicted octanol–water partition coefficient (Wildman–Crippen LogP) is 3.68. The van der Waals surface area contributed by atoms with Crippen LogP contribution in [-0.2, 0) is 11.4 Å². The van der Waals surface area contributed by atoms with Crippen LogP contribution >= 0.6 is 11.6 Å². The number of carbonyl (C=O) groups is 1. The van der Waals surface area contributed by atoms with Gasteiger partial charge in [0.05, 0.1) is 12.7 Å². The molecule has 1 aromatic rings. The van der Waals surface area contributed by atoms with Crippen molar-refractivity contribution in [1.29, 1.82) is 0 Å². The molecule has 1 unspecified atom stereocenters. The van der Waals surface area contributed by atoms with Crippen molar-refractivity contribution in [3.8, 4) is 0 Å². The summed E-state index contributed by atoms with van der Waals surface area (Å²) in [5.41, 5.74) is 1.95. The number of unbranched alkanes of at least 4 members (excludes halogenated alkanes) is 3. The number of halogens is 1. The zero-order chi connectivity index (χ0) is 17.5. The monoisotopic (exact) mass is 354 g/mol. The van der Waals surface area contributed by atoms with Crippen LogP contribution in [0.4, 0.5) is 0 Å². The molecule has 3 N–H and O–H groups in total. The Morgan fingerprint density at radius 1 is 1.12 bits per heavy atom. The summed E-state index contributed by atoms with van der Waals surface area (Å²) in [5, 5.41) is 28.2. The number of alkyl halides is 1. The van der Waals surface area contributed by atoms with Crippen LogP contribution in [0.15, 0.2) is 24.3 Å². The maximum atomic E-state index is 10.5. The Labute approximate surface area is 148 Å². The second kappa shape index (κ2) is 9.40. The number of hydrogen-bond acceptors (Lipinski definition) is 3. The van der Waals surface area contributed by atoms with Gasteiger partial charge < -0.3 is 15.3 Å². The average Bonchev–Trinajstić information content (AvgIpc) is 2.84. The van der Waals surface area contributed by atoms with Crippen molar-refractivity contribution in [2.24, 2.45) is 5.92 Å². The van der Waals surface area contributed by atoms with E-state index < -0.39 is 12.1 Å². The van der Waals surface area contributed by atoms with Gasteiger partial charge in [-0.1, -0.05) is 43.5 Å². The highest BCUT2D eigenvalue weighted by molar-refractivity contribution is 6.21. The number of aliphatic hydroxyl groups excluding tert-OH is 2. The number of aliphatic hydroxyl groups is 2. The molecule has 0 aromatic heterocycles. The zero-order valence-corrected chi connectivity index (χ0v) is 14.7. The van der Waals surface area contributed by atoms with E-state index in [4.69, 9.17) is 21.8 Å². The van der Waals surface area contributed by atoms with E-state index in [1.54, 1.807) is 0 Å². The third-order valence-electron chi connectivity index (χ3n) is 5.03. The first-order valence-corrected chi connectivity index (χ1v) is 9.20. The number of benzene rings is 1. The highest BCUT2D eigenvalue weighted by Crippen LogP contribution is 2.45. The first-order chi connectivity index (χ1) is 11.5. The van der Waals surface area contributed by atoms with E-state index in [1.807, 2.05) is 24.3 Å². The molecule has 134 valence electrons. The molecule has 0 heterocycles. The summed E-state index contributed by atoms with van der Waals surface area (Å²) in [5.74, 6) is -0.457. The van der Waals surface area contributed by atoms with Gasteiger partial charge in [0.2, 0.25) is 0 Å². The average molecular weight is 355 g/mol. The number of hydrogen-bond donors (Lipinski definition) is 3. The summed E-state index contributed by atoms with van der Waals surface area (Å²) in [7, 11) is 0. The molecule has 0 spiro atoms. The summed E-state index contributed by atoms with van der Waals surface area (Å²) in [4.78, 5) is 10.5. The molecular formula is C19H27ClO4. The van der Waals surface area contributed by atoms with Crippen LogP contribution in [0.2, 0.25) is 0 Å². The summed E-state index contributed by atoms with van der Waals surface area (Å²) in [6, 6.07) is 7.75. The van der Waals surface area contributed by atoms with E-state index in [9.17, 15) is 9.90 Å². The lowest BCUT2D eigenvalue weighted by Gasteiger charge is -2.24. The van der Waals surface area contributed by atoms with Crippen LogP contribution in [0.5, 0.6) is 0 Å². The Hall–Kier alpha value is -1.10. The lowest BCUT2D eigenvalue weighted by atomic mass is 9.84. The van der Waals surface area contributed by atoms with Gasteiger partial charge in [-0.3, -0.25) is 4.79 Å². The fourth-order valence-corrected chi connectivity index (χ4v) is 4.21. The molecule has 0 radical (unpaired) electrons. The van der Waals surface area contributed by atoms with Gasteiger partial charge in [0.15, 0.2) is 0 Å². The van der Waals surface area contributed by atoms with Crippen molar-refractivity contribution < 1.29 is 20.1 Å². The Bertz CT molecular complexity index is 517. The van der Waals surface area contributed by atoms with E-state index in [-0.39, 0.29) is 30.2 Å². The van der Waals surface area contributed by atoms with Gasteiger partial charge >= 0.3 is 5.97 Å². The second-order valence-electron chi connectivity index (χ2n) is 6.76. The number of rotatable bonds is 9. The molecule has 1 saturated carbocycles. The smallest absolute Gasteiger partial charge is 0.303 e. The van der Waals surface area contributed by atoms with Crippen molar-refractivity contribution in [2.75, 3.05) is 0 Å². The van der Waals surface area contributed by atoms with Crippen LogP contribution < -0.4 is 0 Å². The summed E-state index contributed by atoms with van der Waals surface area (Å²) in [6.45, 7) is 0.0192. The van der Waals surface area contributed by atoms with E-state index >= 15 is 0 Å². The van der Waals surface area contributed by atoms with E-state index in [0.717, 1.165) is 43.2 Å². The van der Waals surface area contributed by atoms with E-state index in [0.29, 0.717) is 6.42 Å². The number of carboxylic acid groups (broad SMARTS) is 1. The standard InChI is InChI=1S/C19H27ClO4/c20-16-11-17(22)19(14-9-7-13(12-21)8-10-14)15(16)5-3-1-2-4-6-18(23)24/h7-10,15-17,19,21-22H,1-6,11-12H2,(H,23,24)/t15-,16?,17+,19+/m0/s1. The lowest BCUT2D eigenvalue weighted by Crippen LogP contribution is -2.19. The number of carboxylic acids is 1. The molecule has 2 rings (SSSR count). The molecule has 0 amide bonds. The van der Waals surface area contributed by atoms with Gasteiger partial charge in [0.25, 0.3) is 0 Å². The molecule has 24 heavy (non-hydrogen) atoms. The van der Waals surface area contributed by atoms with Crippen molar-refractivity contribution in [2.45, 2.75) is 69.0 Å². The maximum absolute atomic E-state index is 10.5. The number of aliphatic carboxylic acids is 1. The molecule has 4 atom stereocenters. The van der Waals surface area contributed by atoms with Crippen LogP contribution in [0.3, 0.4) is 0 Å². The minimum atomic E-state index is -0.735. The Balaban J connectivity index is 1.89. The highest BCUT2D eigenvalue weighted by Gasteiger charge is 2.41. The molecule has 1 aromatic carbocycles. The van der Waals surface area contributed by atoms with Crippen molar-refractivity contribution >= 4 is 17.6 Å². The molecule has 1 fully saturated rings. The van der Waals surface area contributed by atoms with E-state index in [2.05, 4.69) is 0 Å². The predicted molar refractivity (Wildman–Crippen MR) is 94.2 cm³/mol. The fourth-order valence-electron chi connectivity index (χ4n) is 3.75. The molecule has 0 saturated heterocycles. The molecule has 1 aliphatic carbocycles. The topological polar surface area (TPSA) is 77.8 Å². The quantitative estimate of drug-likeness (QED) is 0.467. The van der Waals surface area contributed by atoms with E-state index in [1.165, 1.54) is 0 Å². The third kappa shape index (κ3) is 5.20. The Kier molecular flexibility index (Phi) is 7.53. The summed E-state index contributed by atoms with van der Waals surface area (Å²) in [6.07, 6.45) is 5.02. The summed E-state index contributed by atoms with van der Waals surface area (Å²) < 4.78 is 0. The molecule has 1 aliphatic rings. The highest BCUT2D eigenvalue weighted by atomic mass is 35.5. The normalized spacial score (nSPS) is 26.6. The van der Waals surface area contributed by atoms with Crippen molar-refractivity contribution in [3.05, 3.63) is 35.4 Å². The van der Waals surface area contributed by atoms with Crippen LogP contribution in [0, 0.1) is 5.92 Å². The minimum Gasteiger partial charge on any atom is -0.481 e. The SMILES string of the molecule is O=C(O)CCCCCC[C@H]1C(Cl)C[C@@H](O)[C@@H]1c1ccc(CO)cc1. The Morgan fingerprint density at radius 3 is 2.42 bits per heavy atom. The van der Waals surface area contributed by atoms with Crippen LogP contribution in [-0.4, -0.2) is 32.8 Å². The molecule has 0 aliphatic heterocycles. The van der Waals surface area contributed by atoms with Gasteiger partial charge in [-0.15, -0.1) is 11.6 Å². The Morgan fingerprint density at radius 2 is 1.79 bits per heavy atom. The minimum absolute atomic E-state index is 0.0192. The largest absolute Gasteiger partial charge is 0.481 e.